The lowest BCUT2D eigenvalue weighted by atomic mass is 10.9. The van der Waals surface area contributed by atoms with Crippen LogP contribution in [0.15, 0.2) is 0 Å². The van der Waals surface area contributed by atoms with Crippen LogP contribution < -0.4 is 0 Å². The zero-order valence-electron chi connectivity index (χ0n) is 5.96. The molecule has 0 aliphatic rings. The predicted molar refractivity (Wildman–Crippen MR) is 36.8 cm³/mol. The summed E-state index contributed by atoms with van der Waals surface area (Å²) in [5, 5.41) is -0.580. The van der Waals surface area contributed by atoms with Gasteiger partial charge in [-0.05, 0) is 11.6 Å². The standard InChI is InChI=1S/C5H10ClNO3/c1-9-3-7(4-10-2)5(6)8/h3-4H2,1-2H3. The second-order valence-electron chi connectivity index (χ2n) is 1.63. The molecule has 1 amide bonds. The van der Waals surface area contributed by atoms with E-state index >= 15 is 0 Å². The van der Waals surface area contributed by atoms with Crippen molar-refractivity contribution in [1.29, 1.82) is 0 Å². The van der Waals surface area contributed by atoms with E-state index in [1.165, 1.54) is 19.1 Å². The van der Waals surface area contributed by atoms with Crippen molar-refractivity contribution >= 4 is 17.0 Å². The number of ether oxygens (including phenoxy) is 2. The molecule has 0 heterocycles. The molecule has 0 aromatic rings. The van der Waals surface area contributed by atoms with Gasteiger partial charge in [0, 0.05) is 14.2 Å². The molecule has 0 bridgehead atoms. The fourth-order valence-corrected chi connectivity index (χ4v) is 0.548. The summed E-state index contributed by atoms with van der Waals surface area (Å²) in [7, 11) is 2.95. The molecule has 0 atom stereocenters. The molecule has 0 spiro atoms. The Hall–Kier alpha value is -0.320. The van der Waals surface area contributed by atoms with Crippen molar-refractivity contribution in [3.8, 4) is 0 Å². The van der Waals surface area contributed by atoms with E-state index in [1.807, 2.05) is 0 Å². The normalized spacial score (nSPS) is 9.50. The molecule has 0 N–H and O–H groups in total. The Bertz CT molecular complexity index is 103. The highest BCUT2D eigenvalue weighted by Gasteiger charge is 2.07. The average molecular weight is 168 g/mol. The van der Waals surface area contributed by atoms with Crippen LogP contribution in [-0.4, -0.2) is 37.9 Å². The van der Waals surface area contributed by atoms with Gasteiger partial charge in [-0.1, -0.05) is 0 Å². The maximum atomic E-state index is 10.5. The number of carbonyl (C=O) groups excluding carboxylic acids is 1. The molecule has 5 heteroatoms. The third-order valence-electron chi connectivity index (χ3n) is 0.818. The fourth-order valence-electron chi connectivity index (χ4n) is 0.450. The maximum absolute atomic E-state index is 10.5. The van der Waals surface area contributed by atoms with Crippen LogP contribution in [0.3, 0.4) is 0 Å². The summed E-state index contributed by atoms with van der Waals surface area (Å²) in [6.07, 6.45) is 0. The lowest BCUT2D eigenvalue weighted by Crippen LogP contribution is -2.30. The molecule has 4 nitrogen and oxygen atoms in total. The fraction of sp³-hybridized carbons (Fsp3) is 0.800. The van der Waals surface area contributed by atoms with Gasteiger partial charge in [0.15, 0.2) is 0 Å². The molecule has 0 fully saturated rings. The second kappa shape index (κ2) is 5.46. The minimum absolute atomic E-state index is 0.149. The van der Waals surface area contributed by atoms with E-state index in [0.717, 1.165) is 0 Å². The van der Waals surface area contributed by atoms with E-state index in [0.29, 0.717) is 0 Å². The smallest absolute Gasteiger partial charge is 0.320 e. The number of carbonyl (C=O) groups is 1. The first kappa shape index (κ1) is 9.68. The number of rotatable bonds is 4. The number of hydrogen-bond donors (Lipinski definition) is 0. The van der Waals surface area contributed by atoms with Crippen LogP contribution >= 0.6 is 11.6 Å². The first-order valence-electron chi connectivity index (χ1n) is 2.64. The molecule has 0 saturated carbocycles. The molecule has 0 aromatic heterocycles. The van der Waals surface area contributed by atoms with E-state index in [9.17, 15) is 4.79 Å². The zero-order chi connectivity index (χ0) is 7.98. The molecule has 0 aliphatic heterocycles. The number of hydrogen-bond acceptors (Lipinski definition) is 3. The van der Waals surface area contributed by atoms with Gasteiger partial charge >= 0.3 is 5.37 Å². The Labute approximate surface area is 64.7 Å². The summed E-state index contributed by atoms with van der Waals surface area (Å²) in [5.41, 5.74) is 0. The van der Waals surface area contributed by atoms with E-state index in [1.54, 1.807) is 0 Å². The van der Waals surface area contributed by atoms with E-state index in [2.05, 4.69) is 9.47 Å². The lowest BCUT2D eigenvalue weighted by molar-refractivity contribution is 0.0200. The van der Waals surface area contributed by atoms with Gasteiger partial charge < -0.3 is 9.47 Å². The summed E-state index contributed by atoms with van der Waals surface area (Å²) in [5.74, 6) is 0. The van der Waals surface area contributed by atoms with Crippen LogP contribution in [0.2, 0.25) is 0 Å². The third kappa shape index (κ3) is 3.66. The van der Waals surface area contributed by atoms with Crippen molar-refractivity contribution in [2.75, 3.05) is 27.7 Å². The van der Waals surface area contributed by atoms with Gasteiger partial charge in [0.05, 0.1) is 0 Å². The Morgan fingerprint density at radius 1 is 1.40 bits per heavy atom. The van der Waals surface area contributed by atoms with Gasteiger partial charge in [0.1, 0.15) is 13.5 Å². The van der Waals surface area contributed by atoms with Gasteiger partial charge in [0.25, 0.3) is 0 Å². The SMILES string of the molecule is COCN(COC)C(=O)Cl. The van der Waals surface area contributed by atoms with Crippen molar-refractivity contribution in [2.24, 2.45) is 0 Å². The molecule has 0 rings (SSSR count). The number of amides is 1. The van der Waals surface area contributed by atoms with Crippen LogP contribution in [-0.2, 0) is 9.47 Å². The van der Waals surface area contributed by atoms with Crippen molar-refractivity contribution in [3.05, 3.63) is 0 Å². The summed E-state index contributed by atoms with van der Waals surface area (Å²) < 4.78 is 9.32. The van der Waals surface area contributed by atoms with Crippen LogP contribution in [0.4, 0.5) is 4.79 Å². The van der Waals surface area contributed by atoms with Gasteiger partial charge in [-0.15, -0.1) is 0 Å². The van der Waals surface area contributed by atoms with Crippen LogP contribution in [0.1, 0.15) is 0 Å². The van der Waals surface area contributed by atoms with Crippen LogP contribution in [0, 0.1) is 0 Å². The largest absolute Gasteiger partial charge is 0.364 e. The van der Waals surface area contributed by atoms with Crippen LogP contribution in [0.25, 0.3) is 0 Å². The second-order valence-corrected chi connectivity index (χ2v) is 1.95. The Morgan fingerprint density at radius 3 is 2.00 bits per heavy atom. The quantitative estimate of drug-likeness (QED) is 0.354. The monoisotopic (exact) mass is 167 g/mol. The predicted octanol–water partition coefficient (Wildman–Crippen LogP) is 0.855. The van der Waals surface area contributed by atoms with E-state index < -0.39 is 5.37 Å². The summed E-state index contributed by atoms with van der Waals surface area (Å²) in [6, 6.07) is 0. The lowest BCUT2D eigenvalue weighted by Gasteiger charge is -2.16. The van der Waals surface area contributed by atoms with Crippen molar-refractivity contribution in [3.63, 3.8) is 0 Å². The summed E-state index contributed by atoms with van der Waals surface area (Å²) >= 11 is 5.13. The molecule has 10 heavy (non-hydrogen) atoms. The highest BCUT2D eigenvalue weighted by molar-refractivity contribution is 6.62. The first-order valence-corrected chi connectivity index (χ1v) is 3.02. The van der Waals surface area contributed by atoms with Crippen molar-refractivity contribution in [2.45, 2.75) is 0 Å². The molecule has 0 radical (unpaired) electrons. The van der Waals surface area contributed by atoms with E-state index in [4.69, 9.17) is 11.6 Å². The Balaban J connectivity index is 3.61. The van der Waals surface area contributed by atoms with E-state index in [-0.39, 0.29) is 13.5 Å². The molecule has 0 aliphatic carbocycles. The Morgan fingerprint density at radius 2 is 1.80 bits per heavy atom. The topological polar surface area (TPSA) is 38.8 Å². The van der Waals surface area contributed by atoms with Crippen LogP contribution in [0.5, 0.6) is 0 Å². The Kier molecular flexibility index (Phi) is 5.29. The first-order chi connectivity index (χ1) is 4.72. The van der Waals surface area contributed by atoms with Crippen molar-refractivity contribution in [1.82, 2.24) is 4.90 Å². The molecule has 0 unspecified atom stereocenters. The van der Waals surface area contributed by atoms with Gasteiger partial charge in [0.2, 0.25) is 0 Å². The van der Waals surface area contributed by atoms with Crippen molar-refractivity contribution < 1.29 is 14.3 Å². The number of nitrogens with zero attached hydrogens (tertiary/aromatic N) is 1. The molecule has 0 saturated heterocycles. The highest BCUT2D eigenvalue weighted by atomic mass is 35.5. The maximum Gasteiger partial charge on any atom is 0.320 e. The molecular formula is C5H10ClNO3. The van der Waals surface area contributed by atoms with Gasteiger partial charge in [-0.2, -0.15) is 0 Å². The molecular weight excluding hydrogens is 158 g/mol. The highest BCUT2D eigenvalue weighted by Crippen LogP contribution is 1.95. The molecule has 60 valence electrons. The minimum Gasteiger partial charge on any atom is -0.364 e. The van der Waals surface area contributed by atoms with Gasteiger partial charge in [-0.3, -0.25) is 9.69 Å². The average Bonchev–Trinajstić information content (AvgIpc) is 1.87. The zero-order valence-corrected chi connectivity index (χ0v) is 6.72. The molecule has 0 aromatic carbocycles. The number of halogens is 1. The third-order valence-corrected chi connectivity index (χ3v) is 1.06. The minimum atomic E-state index is -0.580. The number of methoxy groups -OCH3 is 2. The summed E-state index contributed by atoms with van der Waals surface area (Å²) in [4.78, 5) is 11.7. The summed E-state index contributed by atoms with van der Waals surface area (Å²) in [6.45, 7) is 0.298. The van der Waals surface area contributed by atoms with Gasteiger partial charge in [-0.25, -0.2) is 0 Å².